The van der Waals surface area contributed by atoms with Crippen molar-refractivity contribution in [2.24, 2.45) is 0 Å². The van der Waals surface area contributed by atoms with Gasteiger partial charge in [0.15, 0.2) is 0 Å². The molecule has 0 atom stereocenters. The van der Waals surface area contributed by atoms with Crippen molar-refractivity contribution in [3.05, 3.63) is 71.2 Å². The highest BCUT2D eigenvalue weighted by molar-refractivity contribution is 7.85. The molecule has 11 heteroatoms. The average molecular weight is 531 g/mol. The zero-order valence-corrected chi connectivity index (χ0v) is 20.6. The third-order valence-corrected chi connectivity index (χ3v) is 7.19. The number of carbonyl (C=O) groups is 2. The van der Waals surface area contributed by atoms with Crippen molar-refractivity contribution in [2.45, 2.75) is 12.6 Å². The number of nitrogens with zero attached hydrogens (tertiary/aromatic N) is 2. The number of aldehydes is 1. The highest BCUT2D eigenvalue weighted by Gasteiger charge is 2.25. The second-order valence-electron chi connectivity index (χ2n) is 8.44. The molecule has 194 valence electrons. The fourth-order valence-corrected chi connectivity index (χ4v) is 5.18. The van der Waals surface area contributed by atoms with Crippen molar-refractivity contribution in [1.82, 2.24) is 15.3 Å². The van der Waals surface area contributed by atoms with Gasteiger partial charge in [0.05, 0.1) is 11.3 Å². The lowest BCUT2D eigenvalue weighted by atomic mass is 10.1. The standard InChI is InChI=1S/C24H24N4O2S.C2HF3O/c29-24-20-16-22(27-21(20)8-10-26-24)18-7-9-25-19(15-18)6-5-17-3-1-2-4-23(17)28-11-13-31(30)14-12-28;3-2(4,5)1-6/h1-7,9,15-16,27H,8,10-14H2,(H,26,29);1H/b6-5+;. The minimum Gasteiger partial charge on any atom is -0.369 e. The molecule has 2 N–H and O–H groups in total. The number of aromatic nitrogens is 2. The number of benzene rings is 1. The zero-order valence-electron chi connectivity index (χ0n) is 19.8. The predicted molar refractivity (Wildman–Crippen MR) is 138 cm³/mol. The fraction of sp³-hybridized carbons (Fsp3) is 0.269. The van der Waals surface area contributed by atoms with Gasteiger partial charge in [-0.2, -0.15) is 13.2 Å². The van der Waals surface area contributed by atoms with Crippen LogP contribution in [0.3, 0.4) is 0 Å². The van der Waals surface area contributed by atoms with Crippen LogP contribution in [0.25, 0.3) is 23.4 Å². The number of alkyl halides is 3. The number of hydrogen-bond donors (Lipinski definition) is 2. The lowest BCUT2D eigenvalue weighted by molar-refractivity contribution is -0.156. The number of para-hydroxylation sites is 1. The fourth-order valence-electron chi connectivity index (χ4n) is 4.13. The molecule has 1 amide bonds. The molecule has 7 nitrogen and oxygen atoms in total. The number of aromatic amines is 1. The molecule has 1 aromatic carbocycles. The first-order valence-corrected chi connectivity index (χ1v) is 13.1. The normalized spacial score (nSPS) is 16.1. The van der Waals surface area contributed by atoms with Crippen LogP contribution in [0.2, 0.25) is 0 Å². The molecule has 0 bridgehead atoms. The van der Waals surface area contributed by atoms with Crippen molar-refractivity contribution >= 4 is 40.8 Å². The first-order valence-electron chi connectivity index (χ1n) is 11.6. The summed E-state index contributed by atoms with van der Waals surface area (Å²) in [5.41, 5.74) is 6.79. The van der Waals surface area contributed by atoms with Gasteiger partial charge in [-0.1, -0.05) is 24.3 Å². The van der Waals surface area contributed by atoms with Gasteiger partial charge in [0.1, 0.15) is 0 Å². The number of fused-ring (bicyclic) bond motifs is 1. The van der Waals surface area contributed by atoms with E-state index in [1.807, 2.05) is 36.4 Å². The van der Waals surface area contributed by atoms with Gasteiger partial charge in [0, 0.05) is 77.2 Å². The molecule has 3 aromatic rings. The monoisotopic (exact) mass is 530 g/mol. The molecule has 2 aromatic heterocycles. The molecule has 0 unspecified atom stereocenters. The Bertz CT molecular complexity index is 1330. The molecule has 0 radical (unpaired) electrons. The van der Waals surface area contributed by atoms with Gasteiger partial charge in [0.2, 0.25) is 6.29 Å². The maximum atomic E-state index is 12.1. The lowest BCUT2D eigenvalue weighted by Gasteiger charge is -2.29. The number of amides is 1. The van der Waals surface area contributed by atoms with Crippen molar-refractivity contribution in [3.8, 4) is 11.3 Å². The molecule has 0 spiro atoms. The highest BCUT2D eigenvalue weighted by atomic mass is 32.2. The summed E-state index contributed by atoms with van der Waals surface area (Å²) in [6.07, 6.45) is 1.01. The Morgan fingerprint density at radius 2 is 1.78 bits per heavy atom. The molecular weight excluding hydrogens is 505 g/mol. The lowest BCUT2D eigenvalue weighted by Crippen LogP contribution is -2.38. The molecule has 0 saturated carbocycles. The van der Waals surface area contributed by atoms with Crippen LogP contribution in [0.15, 0.2) is 48.7 Å². The molecule has 1 fully saturated rings. The number of anilines is 1. The smallest absolute Gasteiger partial charge is 0.369 e. The van der Waals surface area contributed by atoms with Gasteiger partial charge in [-0.05, 0) is 35.9 Å². The van der Waals surface area contributed by atoms with E-state index in [0.717, 1.165) is 70.5 Å². The Hall–Kier alpha value is -3.73. The van der Waals surface area contributed by atoms with Crippen LogP contribution in [0.4, 0.5) is 18.9 Å². The Morgan fingerprint density at radius 1 is 1.05 bits per heavy atom. The largest absolute Gasteiger partial charge is 0.446 e. The van der Waals surface area contributed by atoms with Gasteiger partial charge in [0.25, 0.3) is 5.91 Å². The second-order valence-corrected chi connectivity index (χ2v) is 10.1. The highest BCUT2D eigenvalue weighted by Crippen LogP contribution is 2.26. The van der Waals surface area contributed by atoms with E-state index in [0.29, 0.717) is 6.54 Å². The number of halogens is 3. The molecule has 2 aliphatic heterocycles. The van der Waals surface area contributed by atoms with Crippen molar-refractivity contribution in [2.75, 3.05) is 36.0 Å². The maximum Gasteiger partial charge on any atom is 0.446 e. The minimum atomic E-state index is -4.64. The van der Waals surface area contributed by atoms with Crippen molar-refractivity contribution < 1.29 is 27.0 Å². The SMILES string of the molecule is O=C1NCCc2[nH]c(-c3ccnc(/C=C/c4ccccc4N4CCS(=O)CC4)c3)cc21.O=CC(F)(F)F. The van der Waals surface area contributed by atoms with Crippen LogP contribution in [0, 0.1) is 0 Å². The summed E-state index contributed by atoms with van der Waals surface area (Å²) in [6.45, 7) is 2.30. The van der Waals surface area contributed by atoms with Gasteiger partial charge in [-0.3, -0.25) is 18.8 Å². The summed E-state index contributed by atoms with van der Waals surface area (Å²) in [5, 5.41) is 2.88. The Morgan fingerprint density at radius 3 is 2.49 bits per heavy atom. The van der Waals surface area contributed by atoms with E-state index >= 15 is 0 Å². The third kappa shape index (κ3) is 6.94. The number of nitrogens with one attached hydrogen (secondary N) is 2. The van der Waals surface area contributed by atoms with Gasteiger partial charge in [-0.15, -0.1) is 0 Å². The van der Waals surface area contributed by atoms with Crippen molar-refractivity contribution in [3.63, 3.8) is 0 Å². The third-order valence-electron chi connectivity index (χ3n) is 5.92. The molecule has 1 saturated heterocycles. The molecular formula is C26H25F3N4O3S. The van der Waals surface area contributed by atoms with E-state index in [1.165, 1.54) is 0 Å². The molecule has 37 heavy (non-hydrogen) atoms. The van der Waals surface area contributed by atoms with Crippen LogP contribution >= 0.6 is 0 Å². The molecule has 2 aliphatic rings. The van der Waals surface area contributed by atoms with Crippen LogP contribution in [0.5, 0.6) is 0 Å². The number of hydrogen-bond acceptors (Lipinski definition) is 5. The Balaban J connectivity index is 0.000000480. The summed E-state index contributed by atoms with van der Waals surface area (Å²) in [5.74, 6) is 1.43. The molecule has 4 heterocycles. The Kier molecular flexibility index (Phi) is 8.22. The number of pyridine rings is 1. The molecule has 5 rings (SSSR count). The quantitative estimate of drug-likeness (QED) is 0.500. The summed E-state index contributed by atoms with van der Waals surface area (Å²) < 4.78 is 43.0. The summed E-state index contributed by atoms with van der Waals surface area (Å²) in [7, 11) is -0.693. The van der Waals surface area contributed by atoms with Crippen molar-refractivity contribution in [1.29, 1.82) is 0 Å². The minimum absolute atomic E-state index is 0.0175. The van der Waals surface area contributed by atoms with Gasteiger partial charge in [-0.25, -0.2) is 0 Å². The van der Waals surface area contributed by atoms with E-state index in [1.54, 1.807) is 6.20 Å². The summed E-state index contributed by atoms with van der Waals surface area (Å²) in [4.78, 5) is 31.0. The average Bonchev–Trinajstić information content (AvgIpc) is 3.34. The van der Waals surface area contributed by atoms with Gasteiger partial charge < -0.3 is 15.2 Å². The number of H-pyrrole nitrogens is 1. The topological polar surface area (TPSA) is 95.2 Å². The predicted octanol–water partition coefficient (Wildman–Crippen LogP) is 3.85. The molecule has 0 aliphatic carbocycles. The van der Waals surface area contributed by atoms with Crippen LogP contribution in [0.1, 0.15) is 27.3 Å². The first-order chi connectivity index (χ1) is 17.7. The first kappa shape index (κ1) is 26.3. The second kappa shape index (κ2) is 11.5. The van der Waals surface area contributed by atoms with Crippen LogP contribution < -0.4 is 10.2 Å². The number of carbonyl (C=O) groups excluding carboxylic acids is 2. The van der Waals surface area contributed by atoms with Crippen LogP contribution in [-0.2, 0) is 22.0 Å². The Labute approximate surface area is 214 Å². The van der Waals surface area contributed by atoms with E-state index in [2.05, 4.69) is 38.4 Å². The summed E-state index contributed by atoms with van der Waals surface area (Å²) in [6, 6.07) is 14.2. The van der Waals surface area contributed by atoms with Gasteiger partial charge >= 0.3 is 6.18 Å². The van der Waals surface area contributed by atoms with E-state index in [9.17, 15) is 22.2 Å². The van der Waals surface area contributed by atoms with E-state index in [-0.39, 0.29) is 5.91 Å². The van der Waals surface area contributed by atoms with Crippen LogP contribution in [-0.4, -0.2) is 63.7 Å². The zero-order chi connectivity index (χ0) is 26.4. The van der Waals surface area contributed by atoms with E-state index < -0.39 is 23.3 Å². The number of rotatable bonds is 4. The van der Waals surface area contributed by atoms with E-state index in [4.69, 9.17) is 4.79 Å². The summed E-state index contributed by atoms with van der Waals surface area (Å²) >= 11 is 0. The maximum absolute atomic E-state index is 12.1.